The van der Waals surface area contributed by atoms with Crippen molar-refractivity contribution in [3.05, 3.63) is 59.7 Å². The van der Waals surface area contributed by atoms with Gasteiger partial charge in [-0.3, -0.25) is 0 Å². The van der Waals surface area contributed by atoms with Crippen LogP contribution in [0.3, 0.4) is 0 Å². The van der Waals surface area contributed by atoms with Gasteiger partial charge in [0.25, 0.3) is 0 Å². The molecular weight excluding hydrogens is 312 g/mol. The summed E-state index contributed by atoms with van der Waals surface area (Å²) in [5, 5.41) is 0. The highest BCUT2D eigenvalue weighted by Crippen LogP contribution is 2.18. The Labute approximate surface area is 127 Å². The Kier molecular flexibility index (Phi) is 5.10. The maximum Gasteiger partial charge on any atom is 0.246 e. The van der Waals surface area contributed by atoms with Gasteiger partial charge in [0.15, 0.2) is 4.90 Å². The van der Waals surface area contributed by atoms with Gasteiger partial charge in [-0.05, 0) is 30.7 Å². The summed E-state index contributed by atoms with van der Waals surface area (Å²) in [6, 6.07) is 10.1. The molecule has 0 saturated carbocycles. The van der Waals surface area contributed by atoms with Gasteiger partial charge in [-0.15, -0.1) is 0 Å². The number of para-hydroxylation sites is 1. The van der Waals surface area contributed by atoms with Crippen molar-refractivity contribution < 1.29 is 21.9 Å². The third-order valence-corrected chi connectivity index (χ3v) is 4.44. The molecule has 4 nitrogen and oxygen atoms in total. The number of aryl methyl sites for hydroxylation is 1. The van der Waals surface area contributed by atoms with Gasteiger partial charge in [0.05, 0.1) is 0 Å². The second-order valence-corrected chi connectivity index (χ2v) is 6.27. The first-order chi connectivity index (χ1) is 10.4. The van der Waals surface area contributed by atoms with E-state index in [1.165, 1.54) is 0 Å². The van der Waals surface area contributed by atoms with Crippen molar-refractivity contribution in [3.63, 3.8) is 0 Å². The Hall–Kier alpha value is -1.99. The van der Waals surface area contributed by atoms with Crippen LogP contribution in [0.2, 0.25) is 0 Å². The fourth-order valence-electron chi connectivity index (χ4n) is 1.87. The Morgan fingerprint density at radius 2 is 1.68 bits per heavy atom. The summed E-state index contributed by atoms with van der Waals surface area (Å²) >= 11 is 0. The number of halogens is 2. The van der Waals surface area contributed by atoms with Crippen LogP contribution in [-0.2, 0) is 10.0 Å². The monoisotopic (exact) mass is 327 g/mol. The molecule has 0 spiro atoms. The van der Waals surface area contributed by atoms with Gasteiger partial charge < -0.3 is 4.74 Å². The van der Waals surface area contributed by atoms with Gasteiger partial charge in [0.1, 0.15) is 24.0 Å². The zero-order valence-electron chi connectivity index (χ0n) is 11.8. The van der Waals surface area contributed by atoms with Crippen molar-refractivity contribution in [2.24, 2.45) is 0 Å². The Balaban J connectivity index is 1.98. The van der Waals surface area contributed by atoms with E-state index in [0.29, 0.717) is 5.75 Å². The zero-order valence-corrected chi connectivity index (χ0v) is 12.7. The van der Waals surface area contributed by atoms with E-state index in [1.54, 1.807) is 12.1 Å². The molecule has 7 heteroatoms. The van der Waals surface area contributed by atoms with Crippen LogP contribution in [0.25, 0.3) is 0 Å². The first kappa shape index (κ1) is 16.4. The number of hydrogen-bond donors (Lipinski definition) is 1. The molecule has 0 bridgehead atoms. The summed E-state index contributed by atoms with van der Waals surface area (Å²) in [7, 11) is -4.27. The second-order valence-electron chi connectivity index (χ2n) is 4.56. The Morgan fingerprint density at radius 1 is 1.05 bits per heavy atom. The second kappa shape index (κ2) is 6.85. The molecule has 2 rings (SSSR count). The number of benzene rings is 2. The lowest BCUT2D eigenvalue weighted by Gasteiger charge is -2.11. The number of ether oxygens (including phenoxy) is 1. The minimum absolute atomic E-state index is 0.0418. The first-order valence-electron chi connectivity index (χ1n) is 6.54. The Bertz CT molecular complexity index is 743. The summed E-state index contributed by atoms with van der Waals surface area (Å²) in [6.45, 7) is 1.79. The predicted molar refractivity (Wildman–Crippen MR) is 78.2 cm³/mol. The van der Waals surface area contributed by atoms with E-state index in [-0.39, 0.29) is 13.2 Å². The molecule has 0 aliphatic heterocycles. The standard InChI is InChI=1S/C15H15F2NO3S/c1-11-5-2-3-8-14(11)21-10-9-18-22(19,20)15-12(16)6-4-7-13(15)17/h2-8,18H,9-10H2,1H3. The van der Waals surface area contributed by atoms with Gasteiger partial charge in [-0.1, -0.05) is 24.3 Å². The van der Waals surface area contributed by atoms with E-state index >= 15 is 0 Å². The molecular formula is C15H15F2NO3S. The van der Waals surface area contributed by atoms with Gasteiger partial charge in [0, 0.05) is 6.54 Å². The van der Waals surface area contributed by atoms with Crippen molar-refractivity contribution >= 4 is 10.0 Å². The van der Waals surface area contributed by atoms with Crippen molar-refractivity contribution in [1.82, 2.24) is 4.72 Å². The van der Waals surface area contributed by atoms with Crippen molar-refractivity contribution in [2.75, 3.05) is 13.2 Å². The summed E-state index contributed by atoms with van der Waals surface area (Å²) < 4.78 is 58.3. The average Bonchev–Trinajstić information content (AvgIpc) is 2.45. The van der Waals surface area contributed by atoms with Crippen LogP contribution in [0, 0.1) is 18.6 Å². The molecule has 0 aliphatic carbocycles. The molecule has 0 radical (unpaired) electrons. The molecule has 0 fully saturated rings. The average molecular weight is 327 g/mol. The van der Waals surface area contributed by atoms with Crippen LogP contribution in [0.1, 0.15) is 5.56 Å². The SMILES string of the molecule is Cc1ccccc1OCCNS(=O)(=O)c1c(F)cccc1F. The minimum Gasteiger partial charge on any atom is -0.492 e. The van der Waals surface area contributed by atoms with Crippen molar-refractivity contribution in [2.45, 2.75) is 11.8 Å². The lowest BCUT2D eigenvalue weighted by molar-refractivity contribution is 0.320. The number of rotatable bonds is 6. The number of hydrogen-bond acceptors (Lipinski definition) is 3. The summed E-state index contributed by atoms with van der Waals surface area (Å²) in [4.78, 5) is -0.981. The van der Waals surface area contributed by atoms with E-state index in [2.05, 4.69) is 4.72 Å². The molecule has 1 N–H and O–H groups in total. The molecule has 0 atom stereocenters. The van der Waals surface area contributed by atoms with Gasteiger partial charge in [-0.2, -0.15) is 0 Å². The minimum atomic E-state index is -4.27. The largest absolute Gasteiger partial charge is 0.492 e. The van der Waals surface area contributed by atoms with Crippen LogP contribution in [-0.4, -0.2) is 21.6 Å². The zero-order chi connectivity index (χ0) is 16.2. The van der Waals surface area contributed by atoms with Crippen molar-refractivity contribution in [1.29, 1.82) is 0 Å². The maximum atomic E-state index is 13.5. The van der Waals surface area contributed by atoms with Crippen LogP contribution in [0.5, 0.6) is 5.75 Å². The lowest BCUT2D eigenvalue weighted by atomic mass is 10.2. The number of sulfonamides is 1. The first-order valence-corrected chi connectivity index (χ1v) is 8.02. The molecule has 0 unspecified atom stereocenters. The smallest absolute Gasteiger partial charge is 0.246 e. The highest BCUT2D eigenvalue weighted by atomic mass is 32.2. The van der Waals surface area contributed by atoms with E-state index in [9.17, 15) is 17.2 Å². The predicted octanol–water partition coefficient (Wildman–Crippen LogP) is 2.63. The number of nitrogens with one attached hydrogen (secondary N) is 1. The lowest BCUT2D eigenvalue weighted by Crippen LogP contribution is -2.29. The topological polar surface area (TPSA) is 55.4 Å². The molecule has 22 heavy (non-hydrogen) atoms. The third kappa shape index (κ3) is 3.80. The normalized spacial score (nSPS) is 11.4. The Morgan fingerprint density at radius 3 is 2.32 bits per heavy atom. The van der Waals surface area contributed by atoms with Crippen LogP contribution in [0.4, 0.5) is 8.78 Å². The van der Waals surface area contributed by atoms with E-state index < -0.39 is 26.6 Å². The van der Waals surface area contributed by atoms with E-state index in [0.717, 1.165) is 23.8 Å². The molecule has 2 aromatic rings. The quantitative estimate of drug-likeness (QED) is 0.830. The van der Waals surface area contributed by atoms with Crippen LogP contribution in [0.15, 0.2) is 47.4 Å². The van der Waals surface area contributed by atoms with Crippen LogP contribution >= 0.6 is 0 Å². The maximum absolute atomic E-state index is 13.5. The van der Waals surface area contributed by atoms with Crippen LogP contribution < -0.4 is 9.46 Å². The molecule has 0 amide bonds. The fourth-order valence-corrected chi connectivity index (χ4v) is 3.01. The van der Waals surface area contributed by atoms with Gasteiger partial charge >= 0.3 is 0 Å². The fraction of sp³-hybridized carbons (Fsp3) is 0.200. The highest BCUT2D eigenvalue weighted by molar-refractivity contribution is 7.89. The molecule has 0 heterocycles. The molecule has 0 aromatic heterocycles. The summed E-state index contributed by atoms with van der Waals surface area (Å²) in [6.07, 6.45) is 0. The van der Waals surface area contributed by atoms with E-state index in [1.807, 2.05) is 19.1 Å². The third-order valence-electron chi connectivity index (χ3n) is 2.93. The summed E-state index contributed by atoms with van der Waals surface area (Å²) in [5.74, 6) is -1.64. The highest BCUT2D eigenvalue weighted by Gasteiger charge is 2.23. The molecule has 0 saturated heterocycles. The molecule has 2 aromatic carbocycles. The van der Waals surface area contributed by atoms with Gasteiger partial charge in [0.2, 0.25) is 10.0 Å². The van der Waals surface area contributed by atoms with E-state index in [4.69, 9.17) is 4.74 Å². The molecule has 0 aliphatic rings. The van der Waals surface area contributed by atoms with Gasteiger partial charge in [-0.25, -0.2) is 21.9 Å². The summed E-state index contributed by atoms with van der Waals surface area (Å²) in [5.41, 5.74) is 0.908. The van der Waals surface area contributed by atoms with Crippen molar-refractivity contribution in [3.8, 4) is 5.75 Å². The molecule has 118 valence electrons.